The number of hydrogen-bond donors (Lipinski definition) is 1. The molecular formula is C10H8BrNO2S. The lowest BCUT2D eigenvalue weighted by Gasteiger charge is -1.98. The molecular weight excluding hydrogens is 278 g/mol. The van der Waals surface area contributed by atoms with Crippen LogP contribution in [-0.2, 0) is 0 Å². The van der Waals surface area contributed by atoms with Crippen LogP contribution in [0.3, 0.4) is 0 Å². The van der Waals surface area contributed by atoms with Gasteiger partial charge in [0.25, 0.3) is 0 Å². The van der Waals surface area contributed by atoms with Crippen molar-refractivity contribution in [1.82, 2.24) is 4.98 Å². The molecule has 0 saturated carbocycles. The molecule has 0 aliphatic carbocycles. The van der Waals surface area contributed by atoms with Crippen molar-refractivity contribution in [3.05, 3.63) is 26.7 Å². The number of thiophene rings is 1. The molecule has 15 heavy (non-hydrogen) atoms. The lowest BCUT2D eigenvalue weighted by Crippen LogP contribution is -1.91. The Morgan fingerprint density at radius 1 is 1.53 bits per heavy atom. The Kier molecular flexibility index (Phi) is 2.52. The van der Waals surface area contributed by atoms with Gasteiger partial charge in [0.05, 0.1) is 4.47 Å². The molecule has 3 nitrogen and oxygen atoms in total. The summed E-state index contributed by atoms with van der Waals surface area (Å²) < 4.78 is 0.639. The molecule has 0 spiro atoms. The third-order valence-electron chi connectivity index (χ3n) is 2.12. The van der Waals surface area contributed by atoms with Crippen LogP contribution in [0, 0.1) is 13.8 Å². The van der Waals surface area contributed by atoms with Crippen molar-refractivity contribution in [3.8, 4) is 0 Å². The van der Waals surface area contributed by atoms with E-state index in [1.807, 2.05) is 19.9 Å². The van der Waals surface area contributed by atoms with Gasteiger partial charge in [-0.15, -0.1) is 11.3 Å². The fourth-order valence-corrected chi connectivity index (χ4v) is 3.61. The molecule has 0 aromatic carbocycles. The van der Waals surface area contributed by atoms with Crippen molar-refractivity contribution >= 4 is 43.5 Å². The average Bonchev–Trinajstić information content (AvgIpc) is 2.42. The van der Waals surface area contributed by atoms with E-state index < -0.39 is 5.97 Å². The van der Waals surface area contributed by atoms with Crippen molar-refractivity contribution in [2.24, 2.45) is 0 Å². The number of halogens is 1. The van der Waals surface area contributed by atoms with Crippen molar-refractivity contribution in [2.45, 2.75) is 13.8 Å². The molecule has 0 unspecified atom stereocenters. The topological polar surface area (TPSA) is 50.2 Å². The molecule has 2 aromatic rings. The maximum absolute atomic E-state index is 10.9. The number of pyridine rings is 1. The van der Waals surface area contributed by atoms with E-state index in [-0.39, 0.29) is 0 Å². The largest absolute Gasteiger partial charge is 0.477 e. The van der Waals surface area contributed by atoms with E-state index in [1.54, 1.807) is 0 Å². The quantitative estimate of drug-likeness (QED) is 0.874. The zero-order valence-corrected chi connectivity index (χ0v) is 10.6. The molecule has 0 radical (unpaired) electrons. The number of aromatic carboxylic acids is 1. The highest BCUT2D eigenvalue weighted by atomic mass is 79.9. The number of rotatable bonds is 1. The molecule has 2 rings (SSSR count). The molecule has 0 bridgehead atoms. The summed E-state index contributed by atoms with van der Waals surface area (Å²) in [6.45, 7) is 3.86. The molecule has 1 N–H and O–H groups in total. The number of aryl methyl sites for hydroxylation is 2. The normalized spacial score (nSPS) is 10.9. The number of carboxylic acid groups (broad SMARTS) is 1. The van der Waals surface area contributed by atoms with Gasteiger partial charge in [0.2, 0.25) is 0 Å². The van der Waals surface area contributed by atoms with Crippen LogP contribution in [0.5, 0.6) is 0 Å². The fourth-order valence-electron chi connectivity index (χ4n) is 1.54. The number of hydrogen-bond acceptors (Lipinski definition) is 3. The first-order valence-corrected chi connectivity index (χ1v) is 5.91. The highest BCUT2D eigenvalue weighted by Crippen LogP contribution is 2.36. The second-order valence-electron chi connectivity index (χ2n) is 3.31. The van der Waals surface area contributed by atoms with Crippen LogP contribution in [0.1, 0.15) is 20.9 Å². The standard InChI is InChI=1S/C10H8BrNO2S/c1-4-3-5(2)12-9-6(4)7(11)8(15-9)10(13)14/h3H,1-2H3,(H,13,14). The summed E-state index contributed by atoms with van der Waals surface area (Å²) in [6.07, 6.45) is 0. The van der Waals surface area contributed by atoms with Crippen LogP contribution in [-0.4, -0.2) is 16.1 Å². The number of nitrogens with zero attached hydrogens (tertiary/aromatic N) is 1. The zero-order valence-electron chi connectivity index (χ0n) is 8.17. The van der Waals surface area contributed by atoms with Crippen molar-refractivity contribution in [1.29, 1.82) is 0 Å². The monoisotopic (exact) mass is 285 g/mol. The molecule has 0 amide bonds. The van der Waals surface area contributed by atoms with Gasteiger partial charge in [-0.3, -0.25) is 0 Å². The molecule has 2 heterocycles. The van der Waals surface area contributed by atoms with E-state index >= 15 is 0 Å². The first-order chi connectivity index (χ1) is 7.00. The number of aromatic nitrogens is 1. The third kappa shape index (κ3) is 1.66. The summed E-state index contributed by atoms with van der Waals surface area (Å²) in [5.74, 6) is -0.915. The maximum Gasteiger partial charge on any atom is 0.347 e. The summed E-state index contributed by atoms with van der Waals surface area (Å²) in [5.41, 5.74) is 1.96. The first-order valence-electron chi connectivity index (χ1n) is 4.30. The minimum absolute atomic E-state index is 0.311. The van der Waals surface area contributed by atoms with E-state index in [2.05, 4.69) is 20.9 Å². The SMILES string of the molecule is Cc1cc(C)c2c(Br)c(C(=O)O)sc2n1. The second-order valence-corrected chi connectivity index (χ2v) is 5.10. The molecule has 0 saturated heterocycles. The van der Waals surface area contributed by atoms with Crippen LogP contribution < -0.4 is 0 Å². The Bertz CT molecular complexity index is 562. The van der Waals surface area contributed by atoms with Gasteiger partial charge in [-0.1, -0.05) is 0 Å². The Morgan fingerprint density at radius 2 is 2.20 bits per heavy atom. The molecule has 0 aliphatic rings. The maximum atomic E-state index is 10.9. The number of carbonyl (C=O) groups is 1. The van der Waals surface area contributed by atoms with E-state index in [9.17, 15) is 4.79 Å². The predicted octanol–water partition coefficient (Wildman–Crippen LogP) is 3.37. The number of fused-ring (bicyclic) bond motifs is 1. The van der Waals surface area contributed by atoms with Crippen LogP contribution in [0.25, 0.3) is 10.2 Å². The molecule has 2 aromatic heterocycles. The molecule has 0 fully saturated rings. The minimum atomic E-state index is -0.915. The van der Waals surface area contributed by atoms with Crippen LogP contribution >= 0.6 is 27.3 Å². The van der Waals surface area contributed by atoms with Crippen molar-refractivity contribution in [3.63, 3.8) is 0 Å². The second kappa shape index (κ2) is 3.57. The van der Waals surface area contributed by atoms with Crippen LogP contribution in [0.4, 0.5) is 0 Å². The smallest absolute Gasteiger partial charge is 0.347 e. The lowest BCUT2D eigenvalue weighted by atomic mass is 10.2. The molecule has 5 heteroatoms. The van der Waals surface area contributed by atoms with Crippen LogP contribution in [0.2, 0.25) is 0 Å². The van der Waals surface area contributed by atoms with E-state index in [0.717, 1.165) is 21.5 Å². The van der Waals surface area contributed by atoms with Crippen molar-refractivity contribution in [2.75, 3.05) is 0 Å². The van der Waals surface area contributed by atoms with Gasteiger partial charge < -0.3 is 5.11 Å². The summed E-state index contributed by atoms with van der Waals surface area (Å²) in [7, 11) is 0. The third-order valence-corrected chi connectivity index (χ3v) is 4.25. The first kappa shape index (κ1) is 10.6. The Morgan fingerprint density at radius 3 is 2.80 bits per heavy atom. The van der Waals surface area contributed by atoms with Crippen LogP contribution in [0.15, 0.2) is 10.5 Å². The Balaban J connectivity index is 2.88. The van der Waals surface area contributed by atoms with Gasteiger partial charge in [0.1, 0.15) is 9.71 Å². The van der Waals surface area contributed by atoms with E-state index in [4.69, 9.17) is 5.11 Å². The van der Waals surface area contributed by atoms with Gasteiger partial charge >= 0.3 is 5.97 Å². The number of carboxylic acids is 1. The predicted molar refractivity (Wildman–Crippen MR) is 63.8 cm³/mol. The summed E-state index contributed by atoms with van der Waals surface area (Å²) >= 11 is 4.52. The highest BCUT2D eigenvalue weighted by molar-refractivity contribution is 9.10. The molecule has 0 atom stereocenters. The average molecular weight is 286 g/mol. The van der Waals surface area contributed by atoms with Gasteiger partial charge in [-0.2, -0.15) is 0 Å². The van der Waals surface area contributed by atoms with Gasteiger partial charge in [-0.05, 0) is 41.4 Å². The van der Waals surface area contributed by atoms with E-state index in [0.29, 0.717) is 9.35 Å². The van der Waals surface area contributed by atoms with Crippen molar-refractivity contribution < 1.29 is 9.90 Å². The fraction of sp³-hybridized carbons (Fsp3) is 0.200. The summed E-state index contributed by atoms with van der Waals surface area (Å²) in [5, 5.41) is 9.89. The van der Waals surface area contributed by atoms with Gasteiger partial charge in [-0.25, -0.2) is 9.78 Å². The van der Waals surface area contributed by atoms with Gasteiger partial charge in [0.15, 0.2) is 0 Å². The summed E-state index contributed by atoms with van der Waals surface area (Å²) in [4.78, 5) is 16.4. The summed E-state index contributed by atoms with van der Waals surface area (Å²) in [6, 6.07) is 1.95. The van der Waals surface area contributed by atoms with Gasteiger partial charge in [0, 0.05) is 11.1 Å². The highest BCUT2D eigenvalue weighted by Gasteiger charge is 2.18. The molecule has 0 aliphatic heterocycles. The molecule has 78 valence electrons. The van der Waals surface area contributed by atoms with E-state index in [1.165, 1.54) is 11.3 Å². The zero-order chi connectivity index (χ0) is 11.2. The Hall–Kier alpha value is -0.940. The Labute approximate surface area is 98.9 Å². The lowest BCUT2D eigenvalue weighted by molar-refractivity contribution is 0.0701. The minimum Gasteiger partial charge on any atom is -0.477 e.